The average molecular weight is 491 g/mol. The molecule has 0 radical (unpaired) electrons. The first-order chi connectivity index (χ1) is 16.7. The first-order valence-corrected chi connectivity index (χ1v) is 13.1. The van der Waals surface area contributed by atoms with Crippen molar-refractivity contribution >= 4 is 21.9 Å². The fraction of sp³-hybridized carbons (Fsp3) is 0.231. The number of fused-ring (bicyclic) bond motifs is 2. The van der Waals surface area contributed by atoms with E-state index in [2.05, 4.69) is 15.0 Å². The number of carbonyl (C=O) groups is 1. The van der Waals surface area contributed by atoms with E-state index in [1.54, 1.807) is 0 Å². The van der Waals surface area contributed by atoms with Crippen LogP contribution in [0.3, 0.4) is 0 Å². The number of hydrogen-bond acceptors (Lipinski definition) is 6. The number of nitrogens with zero attached hydrogens (tertiary/aromatic N) is 1. The lowest BCUT2D eigenvalue weighted by molar-refractivity contribution is -0.128. The maximum atomic E-state index is 13.3. The second-order valence-corrected chi connectivity index (χ2v) is 10.8. The van der Waals surface area contributed by atoms with Crippen LogP contribution in [0, 0.1) is 5.92 Å². The molecule has 0 bridgehead atoms. The number of nitrogens with one attached hydrogen (secondary N) is 2. The minimum absolute atomic E-state index is 0.0923. The third kappa shape index (κ3) is 4.17. The quantitative estimate of drug-likeness (QED) is 0.508. The smallest absolute Gasteiger partial charge is 0.259 e. The van der Waals surface area contributed by atoms with Gasteiger partial charge in [-0.1, -0.05) is 67.6 Å². The monoisotopic (exact) mass is 490 g/mol. The Hall–Kier alpha value is -3.69. The van der Waals surface area contributed by atoms with Gasteiger partial charge in [-0.3, -0.25) is 10.1 Å². The number of sulfonamides is 1. The van der Waals surface area contributed by atoms with E-state index in [1.807, 2.05) is 79.7 Å². The Balaban J connectivity index is 1.55. The highest BCUT2D eigenvalue weighted by molar-refractivity contribution is 7.88. The number of nitrogens with two attached hydrogens (primary N) is 1. The normalized spacial score (nSPS) is 23.4. The number of hydrogen-bond donors (Lipinski definition) is 3. The molecule has 0 saturated carbocycles. The van der Waals surface area contributed by atoms with Crippen LogP contribution in [-0.4, -0.2) is 26.5 Å². The Morgan fingerprint density at radius 1 is 1.06 bits per heavy atom. The molecule has 4 N–H and O–H groups in total. The molecule has 1 spiro atoms. The van der Waals surface area contributed by atoms with Gasteiger partial charge in [0, 0.05) is 18.0 Å². The van der Waals surface area contributed by atoms with Gasteiger partial charge >= 0.3 is 0 Å². The third-order valence-electron chi connectivity index (χ3n) is 6.60. The molecule has 9 heteroatoms. The Morgan fingerprint density at radius 2 is 1.74 bits per heavy atom. The number of rotatable bonds is 5. The van der Waals surface area contributed by atoms with Crippen LogP contribution in [0.1, 0.15) is 29.7 Å². The number of benzene rings is 3. The van der Waals surface area contributed by atoms with E-state index in [9.17, 15) is 13.2 Å². The molecule has 35 heavy (non-hydrogen) atoms. The van der Waals surface area contributed by atoms with Crippen LogP contribution in [-0.2, 0) is 26.9 Å². The fourth-order valence-electron chi connectivity index (χ4n) is 4.81. The Labute approximate surface area is 204 Å². The molecular weight excluding hydrogens is 464 g/mol. The molecule has 3 atom stereocenters. The van der Waals surface area contributed by atoms with Crippen molar-refractivity contribution in [3.8, 4) is 16.9 Å². The standard InChI is InChI=1S/C26H26N4O4S/c1-16-23(19-6-4-3-5-7-19)34-22-13-12-20(14-21(22)26(16)24(31)29-25(27)30-26)18-10-8-17(9-11-18)15-28-35(2,32)33/h3-14,16,23,28H,15H2,1-2H3,(H3,27,29,30,31)/t16?,23-,26?/m1/s1. The van der Waals surface area contributed by atoms with Crippen LogP contribution < -0.4 is 20.5 Å². The first-order valence-electron chi connectivity index (χ1n) is 11.2. The minimum Gasteiger partial charge on any atom is -0.485 e. The summed E-state index contributed by atoms with van der Waals surface area (Å²) < 4.78 is 31.6. The second kappa shape index (κ2) is 8.51. The van der Waals surface area contributed by atoms with Crippen LogP contribution >= 0.6 is 0 Å². The van der Waals surface area contributed by atoms with Gasteiger partial charge in [0.2, 0.25) is 10.0 Å². The fourth-order valence-corrected chi connectivity index (χ4v) is 5.24. The number of amides is 1. The highest BCUT2D eigenvalue weighted by Gasteiger charge is 2.56. The zero-order valence-electron chi connectivity index (χ0n) is 19.4. The summed E-state index contributed by atoms with van der Waals surface area (Å²) in [6.45, 7) is 2.17. The molecule has 2 aliphatic heterocycles. The van der Waals surface area contributed by atoms with Crippen molar-refractivity contribution in [2.24, 2.45) is 16.6 Å². The lowest BCUT2D eigenvalue weighted by atomic mass is 9.72. The predicted octanol–water partition coefficient (Wildman–Crippen LogP) is 2.81. The summed E-state index contributed by atoms with van der Waals surface area (Å²) in [7, 11) is -3.27. The maximum absolute atomic E-state index is 13.3. The van der Waals surface area contributed by atoms with Gasteiger partial charge in [-0.05, 0) is 34.4 Å². The molecule has 0 saturated heterocycles. The van der Waals surface area contributed by atoms with Crippen LogP contribution in [0.2, 0.25) is 0 Å². The van der Waals surface area contributed by atoms with E-state index < -0.39 is 15.6 Å². The van der Waals surface area contributed by atoms with E-state index in [4.69, 9.17) is 10.5 Å². The lowest BCUT2D eigenvalue weighted by Gasteiger charge is -2.42. The van der Waals surface area contributed by atoms with Gasteiger partial charge in [0.1, 0.15) is 11.9 Å². The van der Waals surface area contributed by atoms with E-state index in [1.165, 1.54) is 0 Å². The summed E-state index contributed by atoms with van der Waals surface area (Å²) in [6.07, 6.45) is 0.751. The van der Waals surface area contributed by atoms with Crippen molar-refractivity contribution in [3.63, 3.8) is 0 Å². The van der Waals surface area contributed by atoms with Crippen LogP contribution in [0.25, 0.3) is 11.1 Å². The van der Waals surface area contributed by atoms with Crippen molar-refractivity contribution in [2.75, 3.05) is 6.26 Å². The molecule has 5 rings (SSSR count). The molecule has 0 aromatic heterocycles. The van der Waals surface area contributed by atoms with Crippen molar-refractivity contribution in [1.29, 1.82) is 0 Å². The van der Waals surface area contributed by atoms with Crippen molar-refractivity contribution in [1.82, 2.24) is 10.0 Å². The summed E-state index contributed by atoms with van der Waals surface area (Å²) in [5.41, 5.74) is 9.03. The number of ether oxygens (including phenoxy) is 1. The van der Waals surface area contributed by atoms with E-state index in [0.29, 0.717) is 11.3 Å². The summed E-state index contributed by atoms with van der Waals surface area (Å²) in [5, 5.41) is 2.69. The SMILES string of the molecule is CC1[C@H](c2ccccc2)Oc2ccc(-c3ccc(CNS(C)(=O)=O)cc3)cc2C12N=C(N)NC2=O. The molecule has 2 aliphatic rings. The molecule has 3 aromatic rings. The highest BCUT2D eigenvalue weighted by atomic mass is 32.2. The van der Waals surface area contributed by atoms with E-state index >= 15 is 0 Å². The van der Waals surface area contributed by atoms with Gasteiger partial charge < -0.3 is 10.5 Å². The Kier molecular flexibility index (Phi) is 5.61. The average Bonchev–Trinajstić information content (AvgIpc) is 3.14. The van der Waals surface area contributed by atoms with E-state index in [-0.39, 0.29) is 30.4 Å². The maximum Gasteiger partial charge on any atom is 0.259 e. The van der Waals surface area contributed by atoms with Gasteiger partial charge in [0.15, 0.2) is 11.5 Å². The van der Waals surface area contributed by atoms with Crippen LogP contribution in [0.4, 0.5) is 0 Å². The van der Waals surface area contributed by atoms with Crippen LogP contribution in [0.5, 0.6) is 5.75 Å². The molecule has 2 heterocycles. The van der Waals surface area contributed by atoms with Gasteiger partial charge in [-0.2, -0.15) is 0 Å². The van der Waals surface area contributed by atoms with Crippen molar-refractivity contribution < 1.29 is 17.9 Å². The minimum atomic E-state index is -3.27. The number of carbonyl (C=O) groups excluding carboxylic acids is 1. The summed E-state index contributed by atoms with van der Waals surface area (Å²) >= 11 is 0. The number of guanidine groups is 1. The van der Waals surface area contributed by atoms with Crippen molar-refractivity contribution in [3.05, 3.63) is 89.5 Å². The zero-order chi connectivity index (χ0) is 24.8. The molecule has 8 nitrogen and oxygen atoms in total. The molecule has 0 aliphatic carbocycles. The zero-order valence-corrected chi connectivity index (χ0v) is 20.2. The number of aliphatic imine (C=N–C) groups is 1. The Morgan fingerprint density at radius 3 is 2.37 bits per heavy atom. The highest BCUT2D eigenvalue weighted by Crippen LogP contribution is 2.52. The molecule has 180 valence electrons. The first kappa shape index (κ1) is 23.1. The van der Waals surface area contributed by atoms with Gasteiger partial charge in [-0.25, -0.2) is 18.1 Å². The van der Waals surface area contributed by atoms with E-state index in [0.717, 1.165) is 28.5 Å². The summed E-state index contributed by atoms with van der Waals surface area (Å²) in [5.74, 6) is 0.0865. The van der Waals surface area contributed by atoms with Crippen LogP contribution in [0.15, 0.2) is 77.8 Å². The second-order valence-electron chi connectivity index (χ2n) is 8.96. The van der Waals surface area contributed by atoms with Gasteiger partial charge in [0.25, 0.3) is 5.91 Å². The lowest BCUT2D eigenvalue weighted by Crippen LogP contribution is -2.48. The molecule has 2 unspecified atom stereocenters. The topological polar surface area (TPSA) is 123 Å². The largest absolute Gasteiger partial charge is 0.485 e. The predicted molar refractivity (Wildman–Crippen MR) is 134 cm³/mol. The third-order valence-corrected chi connectivity index (χ3v) is 7.26. The molecular formula is C26H26N4O4S. The van der Waals surface area contributed by atoms with Gasteiger partial charge in [-0.15, -0.1) is 0 Å². The van der Waals surface area contributed by atoms with Crippen molar-refractivity contribution in [2.45, 2.75) is 25.1 Å². The summed E-state index contributed by atoms with van der Waals surface area (Å²) in [6, 6.07) is 23.1. The Bertz CT molecular complexity index is 1420. The molecule has 0 fully saturated rings. The molecule has 1 amide bonds. The van der Waals surface area contributed by atoms with Gasteiger partial charge in [0.05, 0.1) is 6.26 Å². The summed E-state index contributed by atoms with van der Waals surface area (Å²) in [4.78, 5) is 18.0. The molecule has 3 aromatic carbocycles.